The summed E-state index contributed by atoms with van der Waals surface area (Å²) in [5, 5.41) is 54.4. The fraction of sp³-hybridized carbons (Fsp3) is 0.875. The number of hydrogen-bond acceptors (Lipinski definition) is 8. The van der Waals surface area contributed by atoms with Gasteiger partial charge in [0.25, 0.3) is 0 Å². The van der Waals surface area contributed by atoms with E-state index in [1.165, 1.54) is 180 Å². The van der Waals surface area contributed by atoms with Crippen LogP contribution in [0.15, 0.2) is 36.5 Å². The average molecular weight is 920 g/mol. The predicted molar refractivity (Wildman–Crippen MR) is 272 cm³/mol. The molecule has 0 aromatic heterocycles. The molecule has 0 spiro atoms. The third kappa shape index (κ3) is 36.1. The van der Waals surface area contributed by atoms with Gasteiger partial charge >= 0.3 is 0 Å². The highest BCUT2D eigenvalue weighted by atomic mass is 16.7. The minimum atomic E-state index is -1.57. The highest BCUT2D eigenvalue weighted by Crippen LogP contribution is 2.23. The smallest absolute Gasteiger partial charge is 0.220 e. The summed E-state index contributed by atoms with van der Waals surface area (Å²) in [4.78, 5) is 13.0. The largest absolute Gasteiger partial charge is 0.394 e. The Labute approximate surface area is 400 Å². The Kier molecular flexibility index (Phi) is 43.6. The normalized spacial score (nSPS) is 20.1. The van der Waals surface area contributed by atoms with Crippen molar-refractivity contribution in [1.29, 1.82) is 0 Å². The second kappa shape index (κ2) is 46.2. The highest BCUT2D eigenvalue weighted by molar-refractivity contribution is 5.76. The van der Waals surface area contributed by atoms with E-state index in [0.717, 1.165) is 57.8 Å². The molecule has 65 heavy (non-hydrogen) atoms. The zero-order chi connectivity index (χ0) is 47.3. The third-order valence-corrected chi connectivity index (χ3v) is 13.2. The molecule has 1 aliphatic rings. The first-order valence-electron chi connectivity index (χ1n) is 27.7. The molecule has 0 aromatic carbocycles. The number of rotatable bonds is 47. The molecule has 0 aromatic rings. The summed E-state index contributed by atoms with van der Waals surface area (Å²) in [6, 6.07) is -0.809. The van der Waals surface area contributed by atoms with Gasteiger partial charge in [0.05, 0.1) is 25.4 Å². The van der Waals surface area contributed by atoms with Gasteiger partial charge in [-0.3, -0.25) is 4.79 Å². The quantitative estimate of drug-likeness (QED) is 0.0261. The van der Waals surface area contributed by atoms with Crippen molar-refractivity contribution in [3.8, 4) is 0 Å². The Morgan fingerprint density at radius 2 is 0.908 bits per heavy atom. The molecule has 9 nitrogen and oxygen atoms in total. The third-order valence-electron chi connectivity index (χ3n) is 13.2. The molecule has 0 radical (unpaired) electrons. The Morgan fingerprint density at radius 3 is 1.35 bits per heavy atom. The number of ether oxygens (including phenoxy) is 2. The molecule has 1 rings (SSSR count). The first-order valence-corrected chi connectivity index (χ1v) is 27.7. The maximum Gasteiger partial charge on any atom is 0.220 e. The molecule has 7 atom stereocenters. The Balaban J connectivity index is 2.24. The summed E-state index contributed by atoms with van der Waals surface area (Å²) in [6.07, 6.45) is 52.0. The molecule has 1 amide bonds. The standard InChI is InChI=1S/C56H105NO8/c1-3-5-7-9-11-13-15-17-19-21-22-23-24-25-26-27-28-30-31-33-35-37-39-41-43-45-50(59)49(48-64-56-55(63)54(62)53(61)51(47-58)65-56)57-52(60)46-44-42-40-38-36-34-32-29-20-18-16-14-12-10-8-6-4-2/h12,14,18,20,43,45,49-51,53-56,58-59,61-63H,3-11,13,15-17,19,21-42,44,46-48H2,1-2H3,(H,57,60)/b14-12-,20-18-,45-43+. The fourth-order valence-electron chi connectivity index (χ4n) is 8.78. The molecular formula is C56H105NO8. The SMILES string of the molecule is CCCCC/C=C\C/C=C\CCCCCCCCCC(=O)NC(COC1OC(CO)C(O)C(O)C1O)C(O)/C=C/CCCCCCCCCCCCCCCCCCCCCCCCC. The fourth-order valence-corrected chi connectivity index (χ4v) is 8.78. The molecule has 7 unspecified atom stereocenters. The van der Waals surface area contributed by atoms with Crippen LogP contribution >= 0.6 is 0 Å². The van der Waals surface area contributed by atoms with E-state index in [4.69, 9.17) is 9.47 Å². The molecule has 0 aliphatic carbocycles. The van der Waals surface area contributed by atoms with Crippen molar-refractivity contribution in [2.75, 3.05) is 13.2 Å². The summed E-state index contributed by atoms with van der Waals surface area (Å²) in [7, 11) is 0. The molecular weight excluding hydrogens is 815 g/mol. The van der Waals surface area contributed by atoms with Crippen LogP contribution in [0, 0.1) is 0 Å². The zero-order valence-corrected chi connectivity index (χ0v) is 42.3. The number of unbranched alkanes of at least 4 members (excludes halogenated alkanes) is 33. The lowest BCUT2D eigenvalue weighted by molar-refractivity contribution is -0.302. The first-order chi connectivity index (χ1) is 31.8. The van der Waals surface area contributed by atoms with Crippen LogP contribution in [0.5, 0.6) is 0 Å². The van der Waals surface area contributed by atoms with E-state index in [1.807, 2.05) is 6.08 Å². The van der Waals surface area contributed by atoms with Gasteiger partial charge in [0.1, 0.15) is 24.4 Å². The van der Waals surface area contributed by atoms with E-state index in [9.17, 15) is 30.3 Å². The Morgan fingerprint density at radius 1 is 0.523 bits per heavy atom. The van der Waals surface area contributed by atoms with Crippen molar-refractivity contribution in [1.82, 2.24) is 5.32 Å². The van der Waals surface area contributed by atoms with Gasteiger partial charge in [0.15, 0.2) is 6.29 Å². The average Bonchev–Trinajstić information content (AvgIpc) is 3.31. The first kappa shape index (κ1) is 61.4. The summed E-state index contributed by atoms with van der Waals surface area (Å²) >= 11 is 0. The zero-order valence-electron chi connectivity index (χ0n) is 42.3. The lowest BCUT2D eigenvalue weighted by atomic mass is 9.99. The number of allylic oxidation sites excluding steroid dienone is 5. The number of aliphatic hydroxyl groups is 5. The highest BCUT2D eigenvalue weighted by Gasteiger charge is 2.44. The molecule has 0 bridgehead atoms. The van der Waals surface area contributed by atoms with Gasteiger partial charge in [-0.2, -0.15) is 0 Å². The predicted octanol–water partition coefficient (Wildman–Crippen LogP) is 13.2. The molecule has 382 valence electrons. The monoisotopic (exact) mass is 920 g/mol. The Hall–Kier alpha value is -1.59. The molecule has 1 saturated heterocycles. The summed E-state index contributed by atoms with van der Waals surface area (Å²) in [5.74, 6) is -0.183. The van der Waals surface area contributed by atoms with E-state index < -0.39 is 49.5 Å². The minimum Gasteiger partial charge on any atom is -0.394 e. The van der Waals surface area contributed by atoms with Gasteiger partial charge in [-0.1, -0.05) is 237 Å². The van der Waals surface area contributed by atoms with Crippen LogP contribution in [-0.4, -0.2) is 87.5 Å². The van der Waals surface area contributed by atoms with Crippen LogP contribution in [0.3, 0.4) is 0 Å². The van der Waals surface area contributed by atoms with Gasteiger partial charge in [0, 0.05) is 6.42 Å². The van der Waals surface area contributed by atoms with Crippen LogP contribution in [0.25, 0.3) is 0 Å². The molecule has 0 saturated carbocycles. The minimum absolute atomic E-state index is 0.183. The van der Waals surface area contributed by atoms with Crippen LogP contribution in [0.4, 0.5) is 0 Å². The lowest BCUT2D eigenvalue weighted by Crippen LogP contribution is -2.60. The van der Waals surface area contributed by atoms with Crippen LogP contribution in [0.2, 0.25) is 0 Å². The Bertz CT molecular complexity index is 1110. The lowest BCUT2D eigenvalue weighted by Gasteiger charge is -2.40. The van der Waals surface area contributed by atoms with Crippen LogP contribution in [-0.2, 0) is 14.3 Å². The number of aliphatic hydroxyl groups excluding tert-OH is 5. The molecule has 1 aliphatic heterocycles. The topological polar surface area (TPSA) is 149 Å². The maximum absolute atomic E-state index is 13.0. The van der Waals surface area contributed by atoms with Crippen LogP contribution in [0.1, 0.15) is 258 Å². The van der Waals surface area contributed by atoms with E-state index >= 15 is 0 Å². The number of nitrogens with one attached hydrogen (secondary N) is 1. The number of carbonyl (C=O) groups excluding carboxylic acids is 1. The van der Waals surface area contributed by atoms with E-state index in [-0.39, 0.29) is 12.5 Å². The summed E-state index contributed by atoms with van der Waals surface area (Å²) < 4.78 is 11.3. The molecule has 9 heteroatoms. The maximum atomic E-state index is 13.0. The van der Waals surface area contributed by atoms with Crippen molar-refractivity contribution >= 4 is 5.91 Å². The molecule has 1 heterocycles. The van der Waals surface area contributed by atoms with E-state index in [0.29, 0.717) is 6.42 Å². The van der Waals surface area contributed by atoms with Crippen molar-refractivity contribution < 1.29 is 39.8 Å². The van der Waals surface area contributed by atoms with Gasteiger partial charge in [-0.25, -0.2) is 0 Å². The van der Waals surface area contributed by atoms with Crippen LogP contribution < -0.4 is 5.32 Å². The number of amides is 1. The van der Waals surface area contributed by atoms with Crippen molar-refractivity contribution in [2.45, 2.75) is 301 Å². The van der Waals surface area contributed by atoms with E-state index in [2.05, 4.69) is 43.5 Å². The number of hydrogen-bond donors (Lipinski definition) is 6. The second-order valence-electron chi connectivity index (χ2n) is 19.4. The molecule has 6 N–H and O–H groups in total. The number of carbonyl (C=O) groups is 1. The van der Waals surface area contributed by atoms with Gasteiger partial charge in [0.2, 0.25) is 5.91 Å². The van der Waals surface area contributed by atoms with Crippen molar-refractivity contribution in [3.63, 3.8) is 0 Å². The summed E-state index contributed by atoms with van der Waals surface area (Å²) in [6.45, 7) is 3.77. The van der Waals surface area contributed by atoms with Gasteiger partial charge in [-0.15, -0.1) is 0 Å². The second-order valence-corrected chi connectivity index (χ2v) is 19.4. The van der Waals surface area contributed by atoms with Gasteiger partial charge in [-0.05, 0) is 51.4 Å². The van der Waals surface area contributed by atoms with E-state index in [1.54, 1.807) is 6.08 Å². The van der Waals surface area contributed by atoms with Crippen molar-refractivity contribution in [2.24, 2.45) is 0 Å². The summed E-state index contributed by atoms with van der Waals surface area (Å²) in [5.41, 5.74) is 0. The van der Waals surface area contributed by atoms with Crippen molar-refractivity contribution in [3.05, 3.63) is 36.5 Å². The molecule has 1 fully saturated rings. The van der Waals surface area contributed by atoms with Gasteiger partial charge < -0.3 is 40.3 Å².